The monoisotopic (exact) mass is 290 g/mol. The molecule has 0 heterocycles. The minimum absolute atomic E-state index is 0.394. The van der Waals surface area contributed by atoms with Gasteiger partial charge < -0.3 is 0 Å². The number of aryl methyl sites for hydroxylation is 1. The van der Waals surface area contributed by atoms with Crippen molar-refractivity contribution >= 4 is 6.08 Å². The van der Waals surface area contributed by atoms with Crippen molar-refractivity contribution in [3.63, 3.8) is 0 Å². The maximum atomic E-state index is 14.0. The molecular formula is C19H24F2. The van der Waals surface area contributed by atoms with E-state index in [2.05, 4.69) is 26.5 Å². The molecule has 0 saturated heterocycles. The fourth-order valence-electron chi connectivity index (χ4n) is 3.15. The van der Waals surface area contributed by atoms with Crippen molar-refractivity contribution in [3.8, 4) is 0 Å². The number of benzene rings is 1. The normalized spacial score (nSPS) is 18.2. The van der Waals surface area contributed by atoms with E-state index in [1.807, 2.05) is 19.9 Å². The van der Waals surface area contributed by atoms with Gasteiger partial charge >= 0.3 is 0 Å². The summed E-state index contributed by atoms with van der Waals surface area (Å²) in [6, 6.07) is 2.07. The highest BCUT2D eigenvalue weighted by atomic mass is 19.3. The zero-order chi connectivity index (χ0) is 15.9. The zero-order valence-electron chi connectivity index (χ0n) is 13.6. The molecule has 2 heteroatoms. The van der Waals surface area contributed by atoms with Crippen LogP contribution in [0.1, 0.15) is 48.1 Å². The fourth-order valence-corrected chi connectivity index (χ4v) is 3.15. The summed E-state index contributed by atoms with van der Waals surface area (Å²) < 4.78 is 28.1. The molecule has 21 heavy (non-hydrogen) atoms. The van der Waals surface area contributed by atoms with Gasteiger partial charge in [-0.3, -0.25) is 0 Å². The van der Waals surface area contributed by atoms with Crippen LogP contribution in [0.25, 0.3) is 6.08 Å². The van der Waals surface area contributed by atoms with Crippen LogP contribution < -0.4 is 0 Å². The van der Waals surface area contributed by atoms with Crippen LogP contribution in [0.2, 0.25) is 0 Å². The molecule has 0 fully saturated rings. The highest BCUT2D eigenvalue weighted by Crippen LogP contribution is 2.43. The average Bonchev–Trinajstić information content (AvgIpc) is 2.42. The van der Waals surface area contributed by atoms with Gasteiger partial charge in [0.05, 0.1) is 5.92 Å². The number of halogens is 2. The molecule has 1 aromatic rings. The molecule has 0 spiro atoms. The van der Waals surface area contributed by atoms with E-state index in [9.17, 15) is 8.78 Å². The van der Waals surface area contributed by atoms with E-state index in [1.54, 1.807) is 0 Å². The topological polar surface area (TPSA) is 0 Å². The summed E-state index contributed by atoms with van der Waals surface area (Å²) >= 11 is 0. The largest absolute Gasteiger partial charge is 0.252 e. The summed E-state index contributed by atoms with van der Waals surface area (Å²) in [4.78, 5) is 0. The maximum Gasteiger partial charge on any atom is 0.252 e. The first-order chi connectivity index (χ1) is 9.66. The molecule has 0 nitrogen and oxygen atoms in total. The molecule has 0 amide bonds. The number of allylic oxidation sites excluding steroid dienone is 2. The van der Waals surface area contributed by atoms with Crippen molar-refractivity contribution in [2.75, 3.05) is 0 Å². The molecule has 1 atom stereocenters. The van der Waals surface area contributed by atoms with Crippen LogP contribution in [-0.2, 0) is 6.42 Å². The second-order valence-electron chi connectivity index (χ2n) is 6.29. The molecule has 1 aliphatic carbocycles. The SMILES string of the molecule is C=C(CC)C1=Cc2c(cc(C)c(C)c2C)CC1C(C)(F)F. The molecular weight excluding hydrogens is 266 g/mol. The molecule has 2 rings (SSSR count). The van der Waals surface area contributed by atoms with Crippen molar-refractivity contribution in [1.29, 1.82) is 0 Å². The Kier molecular flexibility index (Phi) is 4.10. The van der Waals surface area contributed by atoms with Gasteiger partial charge in [0.25, 0.3) is 5.92 Å². The Morgan fingerprint density at radius 3 is 2.43 bits per heavy atom. The van der Waals surface area contributed by atoms with Gasteiger partial charge in [-0.2, -0.15) is 0 Å². The van der Waals surface area contributed by atoms with E-state index in [4.69, 9.17) is 0 Å². The standard InChI is InChI=1S/C19H24F2/c1-7-11(2)16-10-17-14(5)13(4)12(3)8-15(17)9-18(16)19(6,20)21/h8,10,18H,2,7,9H2,1,3-6H3. The predicted molar refractivity (Wildman–Crippen MR) is 85.9 cm³/mol. The van der Waals surface area contributed by atoms with Crippen LogP contribution in [0.5, 0.6) is 0 Å². The molecule has 0 bridgehead atoms. The Morgan fingerprint density at radius 2 is 1.90 bits per heavy atom. The minimum Gasteiger partial charge on any atom is -0.207 e. The first-order valence-corrected chi connectivity index (χ1v) is 7.54. The van der Waals surface area contributed by atoms with Gasteiger partial charge in [-0.25, -0.2) is 8.78 Å². The van der Waals surface area contributed by atoms with Gasteiger partial charge in [0, 0.05) is 0 Å². The summed E-state index contributed by atoms with van der Waals surface area (Å²) in [6.07, 6.45) is 3.05. The average molecular weight is 290 g/mol. The fraction of sp³-hybridized carbons (Fsp3) is 0.474. The van der Waals surface area contributed by atoms with Crippen molar-refractivity contribution in [1.82, 2.24) is 0 Å². The van der Waals surface area contributed by atoms with Gasteiger partial charge in [-0.1, -0.05) is 31.2 Å². The molecule has 1 aliphatic rings. The van der Waals surface area contributed by atoms with Crippen molar-refractivity contribution < 1.29 is 8.78 Å². The summed E-state index contributed by atoms with van der Waals surface area (Å²) in [5, 5.41) is 0. The smallest absolute Gasteiger partial charge is 0.207 e. The Morgan fingerprint density at radius 1 is 1.29 bits per heavy atom. The van der Waals surface area contributed by atoms with Crippen LogP contribution in [0.15, 0.2) is 23.8 Å². The summed E-state index contributed by atoms with van der Waals surface area (Å²) in [6.45, 7) is 13.2. The van der Waals surface area contributed by atoms with Gasteiger partial charge in [0.1, 0.15) is 0 Å². The van der Waals surface area contributed by atoms with Crippen LogP contribution in [0.4, 0.5) is 8.78 Å². The lowest BCUT2D eigenvalue weighted by Gasteiger charge is -2.32. The Balaban J connectivity index is 2.65. The molecule has 0 N–H and O–H groups in total. The Hall–Kier alpha value is -1.44. The van der Waals surface area contributed by atoms with Gasteiger partial charge in [-0.05, 0) is 73.9 Å². The van der Waals surface area contributed by atoms with E-state index in [1.165, 1.54) is 16.7 Å². The van der Waals surface area contributed by atoms with Gasteiger partial charge in [0.15, 0.2) is 0 Å². The first kappa shape index (κ1) is 15.9. The second-order valence-corrected chi connectivity index (χ2v) is 6.29. The molecule has 0 aliphatic heterocycles. The lowest BCUT2D eigenvalue weighted by atomic mass is 9.75. The molecule has 1 aromatic carbocycles. The third-order valence-electron chi connectivity index (χ3n) is 4.84. The summed E-state index contributed by atoms with van der Waals surface area (Å²) in [7, 11) is 0. The van der Waals surface area contributed by atoms with Crippen molar-refractivity contribution in [2.45, 2.75) is 53.4 Å². The second kappa shape index (κ2) is 5.40. The minimum atomic E-state index is -2.73. The first-order valence-electron chi connectivity index (χ1n) is 7.54. The quantitative estimate of drug-likeness (QED) is 0.661. The van der Waals surface area contributed by atoms with Crippen molar-refractivity contribution in [3.05, 3.63) is 51.6 Å². The summed E-state index contributed by atoms with van der Waals surface area (Å²) in [5.74, 6) is -3.49. The Labute approximate surface area is 126 Å². The van der Waals surface area contributed by atoms with Gasteiger partial charge in [0.2, 0.25) is 0 Å². The van der Waals surface area contributed by atoms with Crippen LogP contribution in [0, 0.1) is 26.7 Å². The maximum absolute atomic E-state index is 14.0. The van der Waals surface area contributed by atoms with E-state index in [0.717, 1.165) is 29.2 Å². The highest BCUT2D eigenvalue weighted by Gasteiger charge is 2.39. The number of hydrogen-bond acceptors (Lipinski definition) is 0. The van der Waals surface area contributed by atoms with Crippen LogP contribution in [0.3, 0.4) is 0 Å². The van der Waals surface area contributed by atoms with E-state index in [0.29, 0.717) is 12.8 Å². The number of fused-ring (bicyclic) bond motifs is 1. The molecule has 0 saturated carbocycles. The Bertz CT molecular complexity index is 615. The number of hydrogen-bond donors (Lipinski definition) is 0. The van der Waals surface area contributed by atoms with E-state index < -0.39 is 11.8 Å². The molecule has 0 aromatic heterocycles. The van der Waals surface area contributed by atoms with Crippen LogP contribution in [-0.4, -0.2) is 5.92 Å². The highest BCUT2D eigenvalue weighted by molar-refractivity contribution is 5.69. The predicted octanol–water partition coefficient (Wildman–Crippen LogP) is 5.79. The lowest BCUT2D eigenvalue weighted by Crippen LogP contribution is -2.31. The molecule has 114 valence electrons. The number of rotatable bonds is 3. The van der Waals surface area contributed by atoms with Crippen molar-refractivity contribution in [2.24, 2.45) is 5.92 Å². The molecule has 0 radical (unpaired) electrons. The lowest BCUT2D eigenvalue weighted by molar-refractivity contribution is -0.0244. The van der Waals surface area contributed by atoms with E-state index in [-0.39, 0.29) is 0 Å². The zero-order valence-corrected chi connectivity index (χ0v) is 13.6. The van der Waals surface area contributed by atoms with Crippen LogP contribution >= 0.6 is 0 Å². The molecule has 1 unspecified atom stereocenters. The van der Waals surface area contributed by atoms with Gasteiger partial charge in [-0.15, -0.1) is 0 Å². The third-order valence-corrected chi connectivity index (χ3v) is 4.84. The van der Waals surface area contributed by atoms with E-state index >= 15 is 0 Å². The number of alkyl halides is 2. The summed E-state index contributed by atoms with van der Waals surface area (Å²) in [5.41, 5.74) is 7.32. The third kappa shape index (κ3) is 2.81.